The molecular formula is C31H37N3O2. The lowest BCUT2D eigenvalue weighted by atomic mass is 9.68. The van der Waals surface area contributed by atoms with Crippen LogP contribution in [0.3, 0.4) is 0 Å². The molecule has 2 saturated carbocycles. The minimum atomic E-state index is -0.0904. The number of ketones is 1. The van der Waals surface area contributed by atoms with Crippen molar-refractivity contribution in [1.29, 1.82) is 0 Å². The van der Waals surface area contributed by atoms with Crippen LogP contribution in [0.15, 0.2) is 47.3 Å². The first-order valence-corrected chi connectivity index (χ1v) is 14.3. The molecule has 6 atom stereocenters. The zero-order chi connectivity index (χ0) is 24.2. The van der Waals surface area contributed by atoms with Crippen molar-refractivity contribution in [2.24, 2.45) is 11.8 Å². The average Bonchev–Trinajstić information content (AvgIpc) is 2.88. The molecule has 5 nitrogen and oxygen atoms in total. The third-order valence-electron chi connectivity index (χ3n) is 9.95. The van der Waals surface area contributed by atoms with Crippen molar-refractivity contribution in [2.45, 2.75) is 101 Å². The van der Waals surface area contributed by atoms with Crippen LogP contribution in [0.4, 0.5) is 0 Å². The number of Topliss-reactive ketones (excluding diaryl/α,β-unsaturated/α-hetero) is 1. The van der Waals surface area contributed by atoms with Crippen molar-refractivity contribution in [3.05, 3.63) is 58.5 Å². The number of benzene rings is 1. The van der Waals surface area contributed by atoms with Gasteiger partial charge in [-0.1, -0.05) is 50.0 Å². The summed E-state index contributed by atoms with van der Waals surface area (Å²) in [4.78, 5) is 34.4. The van der Waals surface area contributed by atoms with Crippen LogP contribution >= 0.6 is 0 Å². The summed E-state index contributed by atoms with van der Waals surface area (Å²) in [5, 5.41) is 0. The molecule has 0 spiro atoms. The van der Waals surface area contributed by atoms with E-state index in [2.05, 4.69) is 4.90 Å². The Bertz CT molecular complexity index is 1280. The standard InChI is InChI=1S/C31H37N3O2/c35-29-14-4-1-11-26(29)30-31(36)34(28-13-3-2-12-27(28)32-30)25-18-22-9-6-10-23(19-25)33(22)24-16-20-7-5-8-21(15-20)17-24/h1-4,11-13,20-25H,5-10,14-19H2/t20-,21+,22-,23+,24+,25+. The summed E-state index contributed by atoms with van der Waals surface area (Å²) in [6.07, 6.45) is 20.2. The van der Waals surface area contributed by atoms with Gasteiger partial charge < -0.3 is 4.57 Å². The van der Waals surface area contributed by atoms with Crippen LogP contribution in [0.25, 0.3) is 16.6 Å². The van der Waals surface area contributed by atoms with Gasteiger partial charge in [-0.3, -0.25) is 14.5 Å². The highest BCUT2D eigenvalue weighted by atomic mass is 16.1. The minimum absolute atomic E-state index is 0.0153. The number of hydrogen-bond donors (Lipinski definition) is 0. The summed E-state index contributed by atoms with van der Waals surface area (Å²) in [7, 11) is 0. The van der Waals surface area contributed by atoms with Crippen LogP contribution in [0, 0.1) is 11.8 Å². The highest BCUT2D eigenvalue weighted by molar-refractivity contribution is 6.21. The van der Waals surface area contributed by atoms with E-state index in [0.717, 1.165) is 41.8 Å². The van der Waals surface area contributed by atoms with Gasteiger partial charge in [0.2, 0.25) is 0 Å². The molecule has 2 aliphatic heterocycles. The van der Waals surface area contributed by atoms with Crippen LogP contribution < -0.4 is 5.56 Å². The number of allylic oxidation sites excluding steroid dienone is 4. The summed E-state index contributed by atoms with van der Waals surface area (Å²) < 4.78 is 2.03. The summed E-state index contributed by atoms with van der Waals surface area (Å²) in [5.41, 5.74) is 2.42. The second kappa shape index (κ2) is 9.09. The molecule has 0 amide bonds. The predicted molar refractivity (Wildman–Crippen MR) is 143 cm³/mol. The zero-order valence-electron chi connectivity index (χ0n) is 21.1. The number of fused-ring (bicyclic) bond motifs is 5. The molecule has 2 saturated heterocycles. The number of carbonyl (C=O) groups excluding carboxylic acids is 1. The van der Waals surface area contributed by atoms with Gasteiger partial charge in [0, 0.05) is 36.2 Å². The first-order chi connectivity index (χ1) is 17.7. The van der Waals surface area contributed by atoms with Gasteiger partial charge in [-0.05, 0) is 75.0 Å². The third-order valence-corrected chi connectivity index (χ3v) is 9.95. The lowest BCUT2D eigenvalue weighted by molar-refractivity contribution is -0.113. The van der Waals surface area contributed by atoms with Gasteiger partial charge in [0.05, 0.1) is 11.0 Å². The van der Waals surface area contributed by atoms with E-state index < -0.39 is 0 Å². The van der Waals surface area contributed by atoms with E-state index in [1.165, 1.54) is 57.8 Å². The van der Waals surface area contributed by atoms with Gasteiger partial charge >= 0.3 is 0 Å². The molecule has 0 radical (unpaired) electrons. The molecule has 5 aliphatic rings. The van der Waals surface area contributed by atoms with Crippen LogP contribution in [0.2, 0.25) is 0 Å². The molecule has 4 fully saturated rings. The molecule has 1 aromatic heterocycles. The highest BCUT2D eigenvalue weighted by Crippen LogP contribution is 2.47. The van der Waals surface area contributed by atoms with E-state index in [4.69, 9.17) is 4.98 Å². The number of piperidine rings is 2. The number of aromatic nitrogens is 2. The summed E-state index contributed by atoms with van der Waals surface area (Å²) >= 11 is 0. The molecule has 2 aromatic rings. The fourth-order valence-corrected chi connectivity index (χ4v) is 8.58. The molecule has 1 aromatic carbocycles. The van der Waals surface area contributed by atoms with Crippen LogP contribution in [0.5, 0.6) is 0 Å². The molecule has 36 heavy (non-hydrogen) atoms. The molecule has 5 heteroatoms. The SMILES string of the molecule is O=C1CC=CC=C1c1nc2ccccc2n([C@H]2C[C@H]3CCC[C@@H](C2)N3[C@H]2C[C@@H]3CCC[C@@H](C3)C2)c1=O. The molecule has 188 valence electrons. The Morgan fingerprint density at radius 3 is 2.25 bits per heavy atom. The van der Waals surface area contributed by atoms with E-state index in [1.54, 1.807) is 6.08 Å². The summed E-state index contributed by atoms with van der Waals surface area (Å²) in [5.74, 6) is 1.86. The first-order valence-electron chi connectivity index (χ1n) is 14.3. The van der Waals surface area contributed by atoms with Crippen molar-refractivity contribution in [3.63, 3.8) is 0 Å². The van der Waals surface area contributed by atoms with Gasteiger partial charge in [0.25, 0.3) is 5.56 Å². The highest BCUT2D eigenvalue weighted by Gasteiger charge is 2.45. The maximum absolute atomic E-state index is 14.0. The number of hydrogen-bond acceptors (Lipinski definition) is 4. The Morgan fingerprint density at radius 2 is 1.50 bits per heavy atom. The maximum atomic E-state index is 14.0. The monoisotopic (exact) mass is 483 g/mol. The van der Waals surface area contributed by atoms with Crippen molar-refractivity contribution in [2.75, 3.05) is 0 Å². The van der Waals surface area contributed by atoms with Gasteiger partial charge in [0.15, 0.2) is 5.78 Å². The topological polar surface area (TPSA) is 55.2 Å². The first kappa shape index (κ1) is 22.7. The van der Waals surface area contributed by atoms with Crippen LogP contribution in [-0.2, 0) is 4.79 Å². The number of rotatable bonds is 3. The van der Waals surface area contributed by atoms with E-state index >= 15 is 0 Å². The molecule has 3 heterocycles. The number of carbonyl (C=O) groups is 1. The van der Waals surface area contributed by atoms with Gasteiger partial charge in [0.1, 0.15) is 5.69 Å². The van der Waals surface area contributed by atoms with Crippen molar-refractivity contribution in [3.8, 4) is 0 Å². The van der Waals surface area contributed by atoms with Crippen LogP contribution in [-0.4, -0.2) is 38.4 Å². The fourth-order valence-electron chi connectivity index (χ4n) is 8.58. The largest absolute Gasteiger partial charge is 0.302 e. The van der Waals surface area contributed by atoms with E-state index in [1.807, 2.05) is 41.0 Å². The smallest absolute Gasteiger partial charge is 0.277 e. The predicted octanol–water partition coefficient (Wildman–Crippen LogP) is 5.84. The fraction of sp³-hybridized carbons (Fsp3) is 0.581. The van der Waals surface area contributed by atoms with Crippen molar-refractivity contribution < 1.29 is 4.79 Å². The minimum Gasteiger partial charge on any atom is -0.302 e. The van der Waals surface area contributed by atoms with Crippen LogP contribution in [0.1, 0.15) is 88.8 Å². The van der Waals surface area contributed by atoms with Gasteiger partial charge in [-0.25, -0.2) is 4.98 Å². The summed E-state index contributed by atoms with van der Waals surface area (Å²) in [6, 6.07) is 10.0. The van der Waals surface area contributed by atoms with Gasteiger partial charge in [-0.2, -0.15) is 0 Å². The molecule has 7 rings (SSSR count). The van der Waals surface area contributed by atoms with E-state index in [-0.39, 0.29) is 17.4 Å². The molecule has 3 aliphatic carbocycles. The average molecular weight is 484 g/mol. The second-order valence-corrected chi connectivity index (χ2v) is 12.1. The van der Waals surface area contributed by atoms with Crippen molar-refractivity contribution in [1.82, 2.24) is 14.5 Å². The summed E-state index contributed by atoms with van der Waals surface area (Å²) in [6.45, 7) is 0. The number of nitrogens with zero attached hydrogens (tertiary/aromatic N) is 3. The quantitative estimate of drug-likeness (QED) is 0.551. The van der Waals surface area contributed by atoms with Crippen molar-refractivity contribution >= 4 is 22.4 Å². The molecule has 0 N–H and O–H groups in total. The normalized spacial score (nSPS) is 34.6. The van der Waals surface area contributed by atoms with Gasteiger partial charge in [-0.15, -0.1) is 0 Å². The molecular weight excluding hydrogens is 446 g/mol. The second-order valence-electron chi connectivity index (χ2n) is 12.1. The third kappa shape index (κ3) is 3.82. The number of para-hydroxylation sites is 2. The Balaban J connectivity index is 1.26. The lowest BCUT2D eigenvalue weighted by Gasteiger charge is -2.55. The Kier molecular flexibility index (Phi) is 5.72. The lowest BCUT2D eigenvalue weighted by Crippen LogP contribution is -2.58. The van der Waals surface area contributed by atoms with E-state index in [9.17, 15) is 9.59 Å². The Hall–Kier alpha value is -2.53. The van der Waals surface area contributed by atoms with E-state index in [0.29, 0.717) is 29.8 Å². The Labute approximate surface area is 213 Å². The molecule has 0 unspecified atom stereocenters. The zero-order valence-corrected chi connectivity index (χ0v) is 21.1. The Morgan fingerprint density at radius 1 is 0.778 bits per heavy atom. The maximum Gasteiger partial charge on any atom is 0.277 e. The molecule has 4 bridgehead atoms.